The number of phenolic OH excluding ortho intramolecular Hbond substituents is 1. The van der Waals surface area contributed by atoms with Crippen LogP contribution in [0, 0.1) is 6.92 Å². The van der Waals surface area contributed by atoms with Crippen LogP contribution >= 0.6 is 22.7 Å². The van der Waals surface area contributed by atoms with Gasteiger partial charge < -0.3 is 10.4 Å². The number of phenols is 1. The standard InChI is InChI=1S/C15H12N2O2S2/c1-9-2-3-11(13(18)6-9)16-14(19)12-8-21-15(17-12)10-4-5-20-7-10/h2-8,18H,1H3,(H,16,19). The predicted molar refractivity (Wildman–Crippen MR) is 86.2 cm³/mol. The largest absolute Gasteiger partial charge is 0.506 e. The average Bonchev–Trinajstić information content (AvgIpc) is 3.10. The van der Waals surface area contributed by atoms with Crippen molar-refractivity contribution in [3.8, 4) is 16.3 Å². The fraction of sp³-hybridized carbons (Fsp3) is 0.0667. The third-order valence-electron chi connectivity index (χ3n) is 2.91. The second-order valence-electron chi connectivity index (χ2n) is 4.52. The van der Waals surface area contributed by atoms with Crippen LogP contribution in [0.3, 0.4) is 0 Å². The van der Waals surface area contributed by atoms with Crippen LogP contribution < -0.4 is 5.32 Å². The molecule has 1 amide bonds. The fourth-order valence-electron chi connectivity index (χ4n) is 1.83. The summed E-state index contributed by atoms with van der Waals surface area (Å²) in [6, 6.07) is 7.08. The first-order valence-electron chi connectivity index (χ1n) is 6.22. The fourth-order valence-corrected chi connectivity index (χ4v) is 3.34. The summed E-state index contributed by atoms with van der Waals surface area (Å²) in [5.74, 6) is -0.275. The summed E-state index contributed by atoms with van der Waals surface area (Å²) in [5, 5.41) is 19.0. The average molecular weight is 316 g/mol. The van der Waals surface area contributed by atoms with Gasteiger partial charge >= 0.3 is 0 Å². The third-order valence-corrected chi connectivity index (χ3v) is 4.48. The lowest BCUT2D eigenvalue weighted by atomic mass is 10.2. The Balaban J connectivity index is 1.79. The van der Waals surface area contributed by atoms with E-state index in [1.165, 1.54) is 11.3 Å². The van der Waals surface area contributed by atoms with Crippen molar-refractivity contribution < 1.29 is 9.90 Å². The normalized spacial score (nSPS) is 10.5. The van der Waals surface area contributed by atoms with Crippen molar-refractivity contribution in [3.63, 3.8) is 0 Å². The Kier molecular flexibility index (Phi) is 3.72. The molecule has 0 aliphatic rings. The number of amides is 1. The molecule has 0 bridgehead atoms. The molecule has 6 heteroatoms. The summed E-state index contributed by atoms with van der Waals surface area (Å²) in [4.78, 5) is 16.5. The molecule has 0 saturated heterocycles. The molecule has 2 aromatic heterocycles. The Hall–Kier alpha value is -2.18. The van der Waals surface area contributed by atoms with Crippen LogP contribution in [-0.2, 0) is 0 Å². The van der Waals surface area contributed by atoms with Crippen molar-refractivity contribution in [2.24, 2.45) is 0 Å². The van der Waals surface area contributed by atoms with E-state index < -0.39 is 0 Å². The number of carbonyl (C=O) groups excluding carboxylic acids is 1. The summed E-state index contributed by atoms with van der Waals surface area (Å²) in [7, 11) is 0. The van der Waals surface area contributed by atoms with Gasteiger partial charge in [0.1, 0.15) is 16.5 Å². The van der Waals surface area contributed by atoms with Crippen molar-refractivity contribution in [1.29, 1.82) is 0 Å². The van der Waals surface area contributed by atoms with E-state index in [4.69, 9.17) is 0 Å². The summed E-state index contributed by atoms with van der Waals surface area (Å²) in [6.45, 7) is 1.87. The van der Waals surface area contributed by atoms with E-state index in [0.29, 0.717) is 11.4 Å². The van der Waals surface area contributed by atoms with Gasteiger partial charge in [-0.2, -0.15) is 11.3 Å². The van der Waals surface area contributed by atoms with Gasteiger partial charge in [0.25, 0.3) is 5.91 Å². The van der Waals surface area contributed by atoms with Gasteiger partial charge in [0.05, 0.1) is 5.69 Å². The second kappa shape index (κ2) is 5.67. The van der Waals surface area contributed by atoms with Crippen molar-refractivity contribution in [3.05, 3.63) is 51.7 Å². The van der Waals surface area contributed by atoms with Crippen molar-refractivity contribution >= 4 is 34.3 Å². The molecule has 4 nitrogen and oxygen atoms in total. The number of aromatic nitrogens is 1. The number of rotatable bonds is 3. The van der Waals surface area contributed by atoms with Crippen molar-refractivity contribution in [1.82, 2.24) is 4.98 Å². The Morgan fingerprint density at radius 3 is 2.86 bits per heavy atom. The van der Waals surface area contributed by atoms with Crippen LogP contribution in [0.1, 0.15) is 16.1 Å². The van der Waals surface area contributed by atoms with E-state index >= 15 is 0 Å². The highest BCUT2D eigenvalue weighted by Crippen LogP contribution is 2.27. The van der Waals surface area contributed by atoms with Crippen LogP contribution in [0.15, 0.2) is 40.4 Å². The van der Waals surface area contributed by atoms with Crippen LogP contribution in [0.25, 0.3) is 10.6 Å². The molecule has 2 N–H and O–H groups in total. The summed E-state index contributed by atoms with van der Waals surface area (Å²) in [6.07, 6.45) is 0. The van der Waals surface area contributed by atoms with Gasteiger partial charge in [-0.1, -0.05) is 6.07 Å². The van der Waals surface area contributed by atoms with Gasteiger partial charge in [0, 0.05) is 16.3 Å². The highest BCUT2D eigenvalue weighted by Gasteiger charge is 2.13. The molecule has 0 aliphatic heterocycles. The molecule has 0 fully saturated rings. The maximum Gasteiger partial charge on any atom is 0.275 e. The number of thiazole rings is 1. The maximum atomic E-state index is 12.2. The number of nitrogens with one attached hydrogen (secondary N) is 1. The summed E-state index contributed by atoms with van der Waals surface area (Å²) >= 11 is 3.02. The first kappa shape index (κ1) is 13.8. The molecule has 106 valence electrons. The second-order valence-corrected chi connectivity index (χ2v) is 6.16. The van der Waals surface area contributed by atoms with Crippen LogP contribution in [0.5, 0.6) is 5.75 Å². The number of thiophene rings is 1. The molecule has 0 aliphatic carbocycles. The number of benzene rings is 1. The molecule has 0 saturated carbocycles. The zero-order chi connectivity index (χ0) is 14.8. The monoisotopic (exact) mass is 316 g/mol. The van der Waals surface area contributed by atoms with Crippen molar-refractivity contribution in [2.75, 3.05) is 5.32 Å². The maximum absolute atomic E-state index is 12.2. The minimum absolute atomic E-state index is 0.0524. The zero-order valence-electron chi connectivity index (χ0n) is 11.2. The number of hydrogen-bond donors (Lipinski definition) is 2. The molecule has 3 rings (SSSR count). The van der Waals surface area contributed by atoms with E-state index in [0.717, 1.165) is 16.1 Å². The van der Waals surface area contributed by atoms with Crippen molar-refractivity contribution in [2.45, 2.75) is 6.92 Å². The molecular weight excluding hydrogens is 304 g/mol. The molecule has 1 aromatic carbocycles. The van der Waals surface area contributed by atoms with E-state index in [1.807, 2.05) is 29.8 Å². The third kappa shape index (κ3) is 2.96. The molecular formula is C15H12N2O2S2. The minimum Gasteiger partial charge on any atom is -0.506 e. The van der Waals surface area contributed by atoms with Crippen LogP contribution in [-0.4, -0.2) is 16.0 Å². The van der Waals surface area contributed by atoms with Gasteiger partial charge in [0.15, 0.2) is 0 Å². The number of anilines is 1. The highest BCUT2D eigenvalue weighted by molar-refractivity contribution is 7.14. The lowest BCUT2D eigenvalue weighted by Crippen LogP contribution is -2.12. The molecule has 0 atom stereocenters. The lowest BCUT2D eigenvalue weighted by molar-refractivity contribution is 0.102. The Labute approximate surface area is 129 Å². The highest BCUT2D eigenvalue weighted by atomic mass is 32.1. The number of hydrogen-bond acceptors (Lipinski definition) is 5. The zero-order valence-corrected chi connectivity index (χ0v) is 12.8. The molecule has 0 spiro atoms. The quantitative estimate of drug-likeness (QED) is 0.714. The SMILES string of the molecule is Cc1ccc(NC(=O)c2csc(-c3ccsc3)n2)c(O)c1. The van der Waals surface area contributed by atoms with Gasteiger partial charge in [-0.05, 0) is 36.1 Å². The molecule has 21 heavy (non-hydrogen) atoms. The minimum atomic E-state index is -0.327. The van der Waals surface area contributed by atoms with Crippen LogP contribution in [0.2, 0.25) is 0 Å². The number of aryl methyl sites for hydroxylation is 1. The predicted octanol–water partition coefficient (Wildman–Crippen LogP) is 4.14. The van der Waals surface area contributed by atoms with E-state index in [9.17, 15) is 9.90 Å². The lowest BCUT2D eigenvalue weighted by Gasteiger charge is -2.06. The van der Waals surface area contributed by atoms with Gasteiger partial charge in [-0.3, -0.25) is 4.79 Å². The number of carbonyl (C=O) groups is 1. The topological polar surface area (TPSA) is 62.2 Å². The molecule has 3 aromatic rings. The summed E-state index contributed by atoms with van der Waals surface area (Å²) < 4.78 is 0. The first-order valence-corrected chi connectivity index (χ1v) is 8.05. The van der Waals surface area contributed by atoms with Gasteiger partial charge in [0.2, 0.25) is 0 Å². The first-order chi connectivity index (χ1) is 10.1. The molecule has 2 heterocycles. The molecule has 0 unspecified atom stereocenters. The smallest absolute Gasteiger partial charge is 0.275 e. The van der Waals surface area contributed by atoms with E-state index in [2.05, 4.69) is 10.3 Å². The Bertz CT molecular complexity index is 779. The number of nitrogens with zero attached hydrogens (tertiary/aromatic N) is 1. The van der Waals surface area contributed by atoms with Crippen LogP contribution in [0.4, 0.5) is 5.69 Å². The molecule has 0 radical (unpaired) electrons. The van der Waals surface area contributed by atoms with E-state index in [1.54, 1.807) is 28.8 Å². The van der Waals surface area contributed by atoms with E-state index in [-0.39, 0.29) is 11.7 Å². The number of aromatic hydroxyl groups is 1. The summed E-state index contributed by atoms with van der Waals surface area (Å²) in [5.41, 5.74) is 2.68. The van der Waals surface area contributed by atoms with Gasteiger partial charge in [-0.15, -0.1) is 11.3 Å². The Morgan fingerprint density at radius 1 is 1.29 bits per heavy atom. The van der Waals surface area contributed by atoms with Gasteiger partial charge in [-0.25, -0.2) is 4.98 Å². The Morgan fingerprint density at radius 2 is 2.14 bits per heavy atom.